The number of sulfonamides is 1. The molecule has 0 aliphatic carbocycles. The van der Waals surface area contributed by atoms with Crippen LogP contribution >= 0.6 is 27.3 Å². The summed E-state index contributed by atoms with van der Waals surface area (Å²) in [7, 11) is -3.68. The molecule has 1 aromatic heterocycles. The maximum absolute atomic E-state index is 12.9. The number of fused-ring (bicyclic) bond motifs is 1. The van der Waals surface area contributed by atoms with Gasteiger partial charge in [0.15, 0.2) is 11.5 Å². The first-order chi connectivity index (χ1) is 12.9. The Hall–Kier alpha value is -1.62. The first kappa shape index (κ1) is 18.7. The second-order valence-corrected chi connectivity index (χ2v) is 10.8. The summed E-state index contributed by atoms with van der Waals surface area (Å²) in [4.78, 5) is 12.7. The maximum Gasteiger partial charge on any atom is 0.253 e. The molecule has 2 aliphatic rings. The van der Waals surface area contributed by atoms with Crippen LogP contribution in [0.5, 0.6) is 11.5 Å². The van der Waals surface area contributed by atoms with E-state index in [2.05, 4.69) is 21.2 Å². The minimum atomic E-state index is -3.68. The number of ether oxygens (including phenoxy) is 2. The van der Waals surface area contributed by atoms with Crippen molar-refractivity contribution >= 4 is 43.2 Å². The minimum Gasteiger partial charge on any atom is -0.454 e. The number of thiophene rings is 1. The van der Waals surface area contributed by atoms with Gasteiger partial charge in [0.25, 0.3) is 10.0 Å². The number of carbonyl (C=O) groups is 1. The number of hydrogen-bond acceptors (Lipinski definition) is 6. The quantitative estimate of drug-likeness (QED) is 0.722. The Labute approximate surface area is 169 Å². The SMILES string of the molecule is O=C(NCc1ccc2c(c1)OCO2)C1CCCN1S(=O)(=O)c1ccc(Br)s1. The molecular weight excluding hydrogens is 456 g/mol. The molecule has 1 atom stereocenters. The molecule has 10 heteroatoms. The first-order valence-corrected chi connectivity index (χ1v) is 11.4. The lowest BCUT2D eigenvalue weighted by atomic mass is 10.2. The third-order valence-electron chi connectivity index (χ3n) is 4.52. The molecule has 0 spiro atoms. The molecule has 144 valence electrons. The molecule has 1 saturated heterocycles. The Morgan fingerprint density at radius 1 is 1.26 bits per heavy atom. The Balaban J connectivity index is 1.45. The van der Waals surface area contributed by atoms with Crippen molar-refractivity contribution in [1.29, 1.82) is 0 Å². The van der Waals surface area contributed by atoms with Crippen molar-refractivity contribution in [2.45, 2.75) is 29.6 Å². The highest BCUT2D eigenvalue weighted by atomic mass is 79.9. The second kappa shape index (κ2) is 7.42. The van der Waals surface area contributed by atoms with Gasteiger partial charge in [0.05, 0.1) is 3.79 Å². The van der Waals surface area contributed by atoms with Gasteiger partial charge in [0.1, 0.15) is 10.3 Å². The Morgan fingerprint density at radius 2 is 2.07 bits per heavy atom. The molecule has 1 amide bonds. The Morgan fingerprint density at radius 3 is 2.85 bits per heavy atom. The van der Waals surface area contributed by atoms with Crippen molar-refractivity contribution in [3.05, 3.63) is 39.7 Å². The van der Waals surface area contributed by atoms with E-state index in [0.29, 0.717) is 37.4 Å². The van der Waals surface area contributed by atoms with Crippen LogP contribution in [0.25, 0.3) is 0 Å². The fourth-order valence-electron chi connectivity index (χ4n) is 3.20. The summed E-state index contributed by atoms with van der Waals surface area (Å²) in [6, 6.07) is 8.02. The van der Waals surface area contributed by atoms with E-state index < -0.39 is 16.1 Å². The predicted molar refractivity (Wildman–Crippen MR) is 103 cm³/mol. The van der Waals surface area contributed by atoms with Crippen molar-refractivity contribution < 1.29 is 22.7 Å². The average molecular weight is 473 g/mol. The lowest BCUT2D eigenvalue weighted by Gasteiger charge is -2.22. The van der Waals surface area contributed by atoms with E-state index in [1.165, 1.54) is 4.31 Å². The van der Waals surface area contributed by atoms with Gasteiger partial charge in [-0.25, -0.2) is 8.42 Å². The first-order valence-electron chi connectivity index (χ1n) is 8.38. The highest BCUT2D eigenvalue weighted by Gasteiger charge is 2.40. The fraction of sp³-hybridized carbons (Fsp3) is 0.353. The summed E-state index contributed by atoms with van der Waals surface area (Å²) < 4.78 is 38.6. The molecule has 2 aromatic rings. The van der Waals surface area contributed by atoms with Crippen LogP contribution in [0.3, 0.4) is 0 Å². The third kappa shape index (κ3) is 3.71. The van der Waals surface area contributed by atoms with Crippen LogP contribution in [0, 0.1) is 0 Å². The number of benzene rings is 1. The lowest BCUT2D eigenvalue weighted by molar-refractivity contribution is -0.124. The second-order valence-electron chi connectivity index (χ2n) is 6.24. The number of rotatable bonds is 5. The Bertz CT molecular complexity index is 975. The molecular formula is C17H17BrN2O5S2. The fourth-order valence-corrected chi connectivity index (χ4v) is 7.00. The van der Waals surface area contributed by atoms with E-state index in [1.54, 1.807) is 18.2 Å². The number of carbonyl (C=O) groups excluding carboxylic acids is 1. The predicted octanol–water partition coefficient (Wildman–Crippen LogP) is 2.71. The lowest BCUT2D eigenvalue weighted by Crippen LogP contribution is -2.45. The zero-order chi connectivity index (χ0) is 19.0. The van der Waals surface area contributed by atoms with Gasteiger partial charge in [-0.05, 0) is 58.6 Å². The van der Waals surface area contributed by atoms with Crippen LogP contribution in [0.15, 0.2) is 38.3 Å². The van der Waals surface area contributed by atoms with Crippen LogP contribution in [0.2, 0.25) is 0 Å². The van der Waals surface area contributed by atoms with Gasteiger partial charge in [0, 0.05) is 13.1 Å². The maximum atomic E-state index is 12.9. The molecule has 3 heterocycles. The van der Waals surface area contributed by atoms with Crippen LogP contribution in [0.1, 0.15) is 18.4 Å². The molecule has 4 rings (SSSR count). The van der Waals surface area contributed by atoms with E-state index in [0.717, 1.165) is 20.7 Å². The molecule has 7 nitrogen and oxygen atoms in total. The summed E-state index contributed by atoms with van der Waals surface area (Å²) in [6.45, 7) is 0.837. The molecule has 1 fully saturated rings. The smallest absolute Gasteiger partial charge is 0.253 e. The topological polar surface area (TPSA) is 84.9 Å². The van der Waals surface area contributed by atoms with E-state index in [-0.39, 0.29) is 16.9 Å². The van der Waals surface area contributed by atoms with Crippen LogP contribution < -0.4 is 14.8 Å². The highest BCUT2D eigenvalue weighted by molar-refractivity contribution is 9.11. The van der Waals surface area contributed by atoms with Gasteiger partial charge in [-0.15, -0.1) is 11.3 Å². The number of hydrogen-bond donors (Lipinski definition) is 1. The summed E-state index contributed by atoms with van der Waals surface area (Å²) in [6.07, 6.45) is 1.17. The summed E-state index contributed by atoms with van der Waals surface area (Å²) in [5.41, 5.74) is 0.863. The molecule has 0 radical (unpaired) electrons. The van der Waals surface area contributed by atoms with Crippen molar-refractivity contribution in [3.63, 3.8) is 0 Å². The van der Waals surface area contributed by atoms with Gasteiger partial charge in [-0.1, -0.05) is 6.07 Å². The van der Waals surface area contributed by atoms with Gasteiger partial charge in [0.2, 0.25) is 12.7 Å². The monoisotopic (exact) mass is 472 g/mol. The van der Waals surface area contributed by atoms with Gasteiger partial charge in [-0.3, -0.25) is 4.79 Å². The molecule has 0 saturated carbocycles. The van der Waals surface area contributed by atoms with Crippen molar-refractivity contribution in [2.75, 3.05) is 13.3 Å². The average Bonchev–Trinajstić information content (AvgIpc) is 3.38. The Kier molecular flexibility index (Phi) is 5.15. The molecule has 1 unspecified atom stereocenters. The summed E-state index contributed by atoms with van der Waals surface area (Å²) in [5, 5.41) is 2.84. The van der Waals surface area contributed by atoms with E-state index in [4.69, 9.17) is 9.47 Å². The normalized spacial score (nSPS) is 19.4. The zero-order valence-corrected chi connectivity index (χ0v) is 17.4. The summed E-state index contributed by atoms with van der Waals surface area (Å²) in [5.74, 6) is 1.04. The molecule has 1 N–H and O–H groups in total. The van der Waals surface area contributed by atoms with Crippen LogP contribution in [-0.2, 0) is 21.4 Å². The molecule has 2 aliphatic heterocycles. The summed E-state index contributed by atoms with van der Waals surface area (Å²) >= 11 is 4.43. The van der Waals surface area contributed by atoms with Crippen molar-refractivity contribution in [1.82, 2.24) is 9.62 Å². The van der Waals surface area contributed by atoms with Crippen molar-refractivity contribution in [2.24, 2.45) is 0 Å². The number of nitrogens with zero attached hydrogens (tertiary/aromatic N) is 1. The number of amides is 1. The van der Waals surface area contributed by atoms with E-state index in [9.17, 15) is 13.2 Å². The standard InChI is InChI=1S/C17H17BrN2O5S2/c18-15-5-6-16(26-15)27(22,23)20-7-1-2-12(20)17(21)19-9-11-3-4-13-14(8-11)25-10-24-13/h3-6,8,12H,1-2,7,9-10H2,(H,19,21). The largest absolute Gasteiger partial charge is 0.454 e. The third-order valence-corrected chi connectivity index (χ3v) is 8.52. The number of halogens is 1. The van der Waals surface area contributed by atoms with E-state index in [1.807, 2.05) is 12.1 Å². The van der Waals surface area contributed by atoms with Gasteiger partial charge < -0.3 is 14.8 Å². The molecule has 1 aromatic carbocycles. The highest BCUT2D eigenvalue weighted by Crippen LogP contribution is 2.33. The minimum absolute atomic E-state index is 0.193. The molecule has 0 bridgehead atoms. The van der Waals surface area contributed by atoms with Crippen molar-refractivity contribution in [3.8, 4) is 11.5 Å². The molecule has 27 heavy (non-hydrogen) atoms. The number of nitrogens with one attached hydrogen (secondary N) is 1. The van der Waals surface area contributed by atoms with Crippen LogP contribution in [-0.4, -0.2) is 38.0 Å². The van der Waals surface area contributed by atoms with E-state index >= 15 is 0 Å². The van der Waals surface area contributed by atoms with Crippen LogP contribution in [0.4, 0.5) is 0 Å². The van der Waals surface area contributed by atoms with Gasteiger partial charge in [-0.2, -0.15) is 4.31 Å². The zero-order valence-electron chi connectivity index (χ0n) is 14.2. The van der Waals surface area contributed by atoms with Gasteiger partial charge >= 0.3 is 0 Å².